The molecule has 114 valence electrons. The highest BCUT2D eigenvalue weighted by molar-refractivity contribution is 5.99. The highest BCUT2D eigenvalue weighted by Crippen LogP contribution is 2.23. The van der Waals surface area contributed by atoms with Crippen molar-refractivity contribution in [1.82, 2.24) is 5.32 Å². The lowest BCUT2D eigenvalue weighted by Gasteiger charge is -2.29. The molecule has 2 rings (SSSR count). The van der Waals surface area contributed by atoms with Crippen LogP contribution in [0, 0.1) is 5.92 Å². The van der Waals surface area contributed by atoms with Gasteiger partial charge in [-0.2, -0.15) is 0 Å². The third-order valence-corrected chi connectivity index (χ3v) is 4.09. The maximum absolute atomic E-state index is 12.0. The van der Waals surface area contributed by atoms with E-state index in [4.69, 9.17) is 5.73 Å². The second-order valence-corrected chi connectivity index (χ2v) is 5.70. The van der Waals surface area contributed by atoms with Gasteiger partial charge in [0.1, 0.15) is 0 Å². The van der Waals surface area contributed by atoms with Gasteiger partial charge in [-0.25, -0.2) is 0 Å². The van der Waals surface area contributed by atoms with Crippen molar-refractivity contribution in [1.29, 1.82) is 0 Å². The van der Waals surface area contributed by atoms with Crippen molar-refractivity contribution in [3.05, 3.63) is 29.8 Å². The summed E-state index contributed by atoms with van der Waals surface area (Å²) in [4.78, 5) is 23.3. The molecule has 1 aliphatic rings. The Bertz CT molecular complexity index is 516. The standard InChI is InChI=1S/C16H23N3O2/c1-11-6-2-4-8-13(11)19-15(20)10-18-14-9-5-3-7-12(14)16(17)21/h3,5,7,9,11,13,18H,2,4,6,8,10H2,1H3,(H2,17,21)(H,19,20)/t11-,13-/m1/s1. The van der Waals surface area contributed by atoms with Crippen LogP contribution in [0.1, 0.15) is 43.0 Å². The van der Waals surface area contributed by atoms with Crippen LogP contribution >= 0.6 is 0 Å². The van der Waals surface area contributed by atoms with Crippen LogP contribution in [0.4, 0.5) is 5.69 Å². The van der Waals surface area contributed by atoms with Crippen molar-refractivity contribution < 1.29 is 9.59 Å². The van der Waals surface area contributed by atoms with Crippen LogP contribution in [-0.2, 0) is 4.79 Å². The van der Waals surface area contributed by atoms with Gasteiger partial charge in [-0.1, -0.05) is 31.9 Å². The van der Waals surface area contributed by atoms with Crippen LogP contribution < -0.4 is 16.4 Å². The van der Waals surface area contributed by atoms with Gasteiger partial charge in [0.05, 0.1) is 12.1 Å². The molecule has 1 fully saturated rings. The lowest BCUT2D eigenvalue weighted by molar-refractivity contribution is -0.120. The van der Waals surface area contributed by atoms with Gasteiger partial charge in [-0.05, 0) is 30.9 Å². The van der Waals surface area contributed by atoms with E-state index in [0.29, 0.717) is 17.2 Å². The highest BCUT2D eigenvalue weighted by atomic mass is 16.2. The van der Waals surface area contributed by atoms with Crippen molar-refractivity contribution >= 4 is 17.5 Å². The minimum absolute atomic E-state index is 0.0481. The fourth-order valence-corrected chi connectivity index (χ4v) is 2.82. The fourth-order valence-electron chi connectivity index (χ4n) is 2.82. The second kappa shape index (κ2) is 7.11. The molecular formula is C16H23N3O2. The first-order chi connectivity index (χ1) is 10.1. The Hall–Kier alpha value is -2.04. The van der Waals surface area contributed by atoms with Crippen molar-refractivity contribution in [3.63, 3.8) is 0 Å². The molecule has 0 bridgehead atoms. The molecule has 1 aliphatic carbocycles. The maximum atomic E-state index is 12.0. The van der Waals surface area contributed by atoms with E-state index in [2.05, 4.69) is 17.6 Å². The van der Waals surface area contributed by atoms with Crippen LogP contribution in [0.25, 0.3) is 0 Å². The molecule has 5 nitrogen and oxygen atoms in total. The normalized spacial score (nSPS) is 21.6. The van der Waals surface area contributed by atoms with E-state index in [9.17, 15) is 9.59 Å². The largest absolute Gasteiger partial charge is 0.376 e. The van der Waals surface area contributed by atoms with Gasteiger partial charge < -0.3 is 16.4 Å². The van der Waals surface area contributed by atoms with E-state index in [1.807, 2.05) is 0 Å². The molecular weight excluding hydrogens is 266 g/mol. The Morgan fingerprint density at radius 1 is 1.24 bits per heavy atom. The minimum Gasteiger partial charge on any atom is -0.376 e. The molecule has 0 heterocycles. The number of primary amides is 1. The summed E-state index contributed by atoms with van der Waals surface area (Å²) in [5, 5.41) is 6.06. The van der Waals surface area contributed by atoms with E-state index in [1.165, 1.54) is 19.3 Å². The number of amides is 2. The molecule has 0 saturated heterocycles. The molecule has 2 amide bonds. The topological polar surface area (TPSA) is 84.2 Å². The van der Waals surface area contributed by atoms with Crippen LogP contribution in [0.5, 0.6) is 0 Å². The van der Waals surface area contributed by atoms with Gasteiger partial charge in [0.25, 0.3) is 5.91 Å². The first-order valence-electron chi connectivity index (χ1n) is 7.50. The first kappa shape index (κ1) is 15.4. The molecule has 21 heavy (non-hydrogen) atoms. The zero-order chi connectivity index (χ0) is 15.2. The Morgan fingerprint density at radius 2 is 1.95 bits per heavy atom. The SMILES string of the molecule is C[C@@H]1CCCC[C@H]1NC(=O)CNc1ccccc1C(N)=O. The molecule has 0 unspecified atom stereocenters. The summed E-state index contributed by atoms with van der Waals surface area (Å²) in [6.45, 7) is 2.33. The van der Waals surface area contributed by atoms with Gasteiger partial charge in [-0.3, -0.25) is 9.59 Å². The Morgan fingerprint density at radius 3 is 2.67 bits per heavy atom. The number of carbonyl (C=O) groups is 2. The average molecular weight is 289 g/mol. The van der Waals surface area contributed by atoms with Gasteiger partial charge in [0.15, 0.2) is 0 Å². The lowest BCUT2D eigenvalue weighted by Crippen LogP contribution is -2.43. The Labute approximate surface area is 125 Å². The predicted octanol–water partition coefficient (Wildman–Crippen LogP) is 1.89. The summed E-state index contributed by atoms with van der Waals surface area (Å²) in [5.41, 5.74) is 6.30. The summed E-state index contributed by atoms with van der Waals surface area (Å²) in [7, 11) is 0. The summed E-state index contributed by atoms with van der Waals surface area (Å²) in [6, 6.07) is 7.20. The highest BCUT2D eigenvalue weighted by Gasteiger charge is 2.22. The quantitative estimate of drug-likeness (QED) is 0.774. The number of benzene rings is 1. The minimum atomic E-state index is -0.501. The predicted molar refractivity (Wildman–Crippen MR) is 83.0 cm³/mol. The average Bonchev–Trinajstić information content (AvgIpc) is 2.48. The monoisotopic (exact) mass is 289 g/mol. The summed E-state index contributed by atoms with van der Waals surface area (Å²) in [5.74, 6) is -0.0203. The summed E-state index contributed by atoms with van der Waals surface area (Å²) >= 11 is 0. The number of hydrogen-bond donors (Lipinski definition) is 3. The van der Waals surface area contributed by atoms with Gasteiger partial charge in [-0.15, -0.1) is 0 Å². The van der Waals surface area contributed by atoms with Crippen LogP contribution in [0.2, 0.25) is 0 Å². The fraction of sp³-hybridized carbons (Fsp3) is 0.500. The van der Waals surface area contributed by atoms with Gasteiger partial charge in [0.2, 0.25) is 5.91 Å². The van der Waals surface area contributed by atoms with Gasteiger partial charge in [0, 0.05) is 11.7 Å². The summed E-state index contributed by atoms with van der Waals surface area (Å²) < 4.78 is 0. The molecule has 1 aromatic rings. The number of carbonyl (C=O) groups excluding carboxylic acids is 2. The van der Waals surface area contributed by atoms with Crippen molar-refractivity contribution in [2.24, 2.45) is 11.7 Å². The molecule has 2 atom stereocenters. The molecule has 0 radical (unpaired) electrons. The zero-order valence-corrected chi connectivity index (χ0v) is 12.4. The van der Waals surface area contributed by atoms with E-state index in [0.717, 1.165) is 6.42 Å². The molecule has 5 heteroatoms. The third-order valence-electron chi connectivity index (χ3n) is 4.09. The third kappa shape index (κ3) is 4.21. The van der Waals surface area contributed by atoms with E-state index >= 15 is 0 Å². The molecule has 1 aromatic carbocycles. The number of anilines is 1. The molecule has 0 aromatic heterocycles. The van der Waals surface area contributed by atoms with Gasteiger partial charge >= 0.3 is 0 Å². The number of nitrogens with two attached hydrogens (primary N) is 1. The number of nitrogens with one attached hydrogen (secondary N) is 2. The summed E-state index contributed by atoms with van der Waals surface area (Å²) in [6.07, 6.45) is 4.64. The van der Waals surface area contributed by atoms with Crippen LogP contribution in [0.3, 0.4) is 0 Å². The maximum Gasteiger partial charge on any atom is 0.250 e. The Kier molecular flexibility index (Phi) is 5.20. The van der Waals surface area contributed by atoms with Crippen molar-refractivity contribution in [2.75, 3.05) is 11.9 Å². The first-order valence-corrected chi connectivity index (χ1v) is 7.50. The molecule has 4 N–H and O–H groups in total. The lowest BCUT2D eigenvalue weighted by atomic mass is 9.86. The van der Waals surface area contributed by atoms with E-state index in [1.54, 1.807) is 24.3 Å². The van der Waals surface area contributed by atoms with Crippen molar-refractivity contribution in [2.45, 2.75) is 38.6 Å². The van der Waals surface area contributed by atoms with Crippen molar-refractivity contribution in [3.8, 4) is 0 Å². The smallest absolute Gasteiger partial charge is 0.250 e. The number of para-hydroxylation sites is 1. The molecule has 1 saturated carbocycles. The van der Waals surface area contributed by atoms with Crippen LogP contribution in [-0.4, -0.2) is 24.4 Å². The van der Waals surface area contributed by atoms with E-state index < -0.39 is 5.91 Å². The van der Waals surface area contributed by atoms with E-state index in [-0.39, 0.29) is 18.5 Å². The number of hydrogen-bond acceptors (Lipinski definition) is 3. The molecule has 0 aliphatic heterocycles. The second-order valence-electron chi connectivity index (χ2n) is 5.70. The molecule has 0 spiro atoms. The zero-order valence-electron chi connectivity index (χ0n) is 12.4. The number of rotatable bonds is 5. The van der Waals surface area contributed by atoms with Crippen LogP contribution in [0.15, 0.2) is 24.3 Å². The Balaban J connectivity index is 1.88.